The highest BCUT2D eigenvalue weighted by Crippen LogP contribution is 2.79. The first-order valence-electron chi connectivity index (χ1n) is 16.6. The molecule has 1 aliphatic heterocycles. The van der Waals surface area contributed by atoms with Crippen molar-refractivity contribution in [3.05, 3.63) is 47.5 Å². The lowest BCUT2D eigenvalue weighted by Crippen LogP contribution is -2.50. The average molecular weight is 576 g/mol. The summed E-state index contributed by atoms with van der Waals surface area (Å²) in [5.41, 5.74) is 2.58. The lowest BCUT2D eigenvalue weighted by molar-refractivity contribution is -0.0965. The Labute approximate surface area is 247 Å². The fourth-order valence-corrected chi connectivity index (χ4v) is 9.70. The summed E-state index contributed by atoms with van der Waals surface area (Å²) in [7, 11) is -2.14. The summed E-state index contributed by atoms with van der Waals surface area (Å²) in [5.74, 6) is -0.0405. The molecule has 0 spiro atoms. The van der Waals surface area contributed by atoms with Gasteiger partial charge in [-0.05, 0) is 44.6 Å². The summed E-state index contributed by atoms with van der Waals surface area (Å²) in [4.78, 5) is 11.7. The van der Waals surface area contributed by atoms with E-state index in [4.69, 9.17) is 14.2 Å². The Hall–Kier alpha value is -0.770. The van der Waals surface area contributed by atoms with Crippen molar-refractivity contribution in [1.29, 1.82) is 0 Å². The zero-order valence-corrected chi connectivity index (χ0v) is 27.1. The van der Waals surface area contributed by atoms with E-state index in [9.17, 15) is 4.89 Å². The number of allylic oxidation sites excluding steroid dienone is 1. The molecule has 2 aliphatic rings. The van der Waals surface area contributed by atoms with Crippen molar-refractivity contribution in [3.8, 4) is 0 Å². The molecule has 0 saturated carbocycles. The van der Waals surface area contributed by atoms with E-state index in [-0.39, 0.29) is 23.4 Å². The molecule has 228 valence electrons. The maximum Gasteiger partial charge on any atom is 0.204 e. The third-order valence-corrected chi connectivity index (χ3v) is 13.4. The highest BCUT2D eigenvalue weighted by molar-refractivity contribution is 7.73. The minimum atomic E-state index is -2.14. The van der Waals surface area contributed by atoms with Crippen LogP contribution >= 0.6 is 7.49 Å². The first kappa shape index (κ1) is 33.7. The first-order valence-corrected chi connectivity index (χ1v) is 18.6. The second-order valence-electron chi connectivity index (χ2n) is 12.8. The Kier molecular flexibility index (Phi) is 15.2. The van der Waals surface area contributed by atoms with Crippen molar-refractivity contribution >= 4 is 7.49 Å². The molecule has 1 fully saturated rings. The van der Waals surface area contributed by atoms with Gasteiger partial charge in [-0.1, -0.05) is 113 Å². The van der Waals surface area contributed by atoms with E-state index in [1.807, 2.05) is 6.07 Å². The molecule has 1 aromatic carbocycles. The Bertz CT molecular complexity index is 841. The molecule has 0 bridgehead atoms. The van der Waals surface area contributed by atoms with E-state index in [1.165, 1.54) is 81.8 Å². The van der Waals surface area contributed by atoms with Gasteiger partial charge >= 0.3 is 0 Å². The van der Waals surface area contributed by atoms with Gasteiger partial charge in [0.05, 0.1) is 31.6 Å². The van der Waals surface area contributed by atoms with Crippen molar-refractivity contribution < 1.29 is 19.1 Å². The van der Waals surface area contributed by atoms with Crippen LogP contribution in [-0.4, -0.2) is 41.1 Å². The number of benzene rings is 1. The van der Waals surface area contributed by atoms with Crippen molar-refractivity contribution in [2.45, 2.75) is 160 Å². The van der Waals surface area contributed by atoms with E-state index in [0.717, 1.165) is 38.3 Å². The first-order chi connectivity index (χ1) is 19.4. The molecule has 0 amide bonds. The molecule has 5 heteroatoms. The van der Waals surface area contributed by atoms with Crippen molar-refractivity contribution in [3.63, 3.8) is 0 Å². The van der Waals surface area contributed by atoms with Crippen LogP contribution in [0.3, 0.4) is 0 Å². The fraction of sp³-hybridized carbons (Fsp3) is 0.771. The second kappa shape index (κ2) is 18.0. The van der Waals surface area contributed by atoms with Crippen LogP contribution in [0.25, 0.3) is 0 Å². The van der Waals surface area contributed by atoms with Crippen molar-refractivity contribution in [1.82, 2.24) is 0 Å². The number of ether oxygens (including phenoxy) is 3. The molecule has 40 heavy (non-hydrogen) atoms. The van der Waals surface area contributed by atoms with Gasteiger partial charge in [0.2, 0.25) is 18.7 Å². The predicted octanol–water partition coefficient (Wildman–Crippen LogP) is 10.2. The maximum absolute atomic E-state index is 11.7. The van der Waals surface area contributed by atoms with Gasteiger partial charge in [-0.15, -0.1) is 0 Å². The Morgan fingerprint density at radius 3 is 2.12 bits per heavy atom. The topological polar surface area (TPSA) is 47.9 Å². The van der Waals surface area contributed by atoms with E-state index in [0.29, 0.717) is 13.2 Å². The molecule has 0 aromatic heterocycles. The molecule has 1 unspecified atom stereocenters. The summed E-state index contributed by atoms with van der Waals surface area (Å²) in [6.07, 6.45) is 23.2. The van der Waals surface area contributed by atoms with E-state index >= 15 is 0 Å². The van der Waals surface area contributed by atoms with Gasteiger partial charge < -0.3 is 9.47 Å². The minimum Gasteiger partial charge on any atom is -0.375 e. The molecule has 1 aromatic rings. The maximum atomic E-state index is 11.7. The van der Waals surface area contributed by atoms with E-state index in [2.05, 4.69) is 58.0 Å². The minimum absolute atomic E-state index is 0.0405. The number of rotatable bonds is 20. The van der Waals surface area contributed by atoms with Crippen LogP contribution in [0.15, 0.2) is 42.0 Å². The normalized spacial score (nSPS) is 26.2. The van der Waals surface area contributed by atoms with Gasteiger partial charge in [-0.3, -0.25) is 4.74 Å². The summed E-state index contributed by atoms with van der Waals surface area (Å²) in [6.45, 7) is 9.90. The summed E-state index contributed by atoms with van der Waals surface area (Å²) < 4.78 is 19.1. The van der Waals surface area contributed by atoms with Crippen LogP contribution in [0.5, 0.6) is 0 Å². The Balaban J connectivity index is 1.35. The second-order valence-corrected chi connectivity index (χ2v) is 16.6. The predicted molar refractivity (Wildman–Crippen MR) is 171 cm³/mol. The van der Waals surface area contributed by atoms with Crippen molar-refractivity contribution in [2.24, 2.45) is 0 Å². The van der Waals surface area contributed by atoms with Crippen molar-refractivity contribution in [2.75, 3.05) is 12.8 Å². The molecule has 1 aliphatic carbocycles. The van der Waals surface area contributed by atoms with Gasteiger partial charge in [0.25, 0.3) is 0 Å². The fourth-order valence-electron chi connectivity index (χ4n) is 6.36. The third kappa shape index (κ3) is 10.8. The van der Waals surface area contributed by atoms with Crippen LogP contribution in [0.1, 0.15) is 136 Å². The van der Waals surface area contributed by atoms with E-state index < -0.39 is 7.49 Å². The summed E-state index contributed by atoms with van der Waals surface area (Å²) >= 11 is 0. The Morgan fingerprint density at radius 1 is 0.875 bits per heavy atom. The molecular formula is C35H60O4P+. The van der Waals surface area contributed by atoms with Crippen LogP contribution in [0.4, 0.5) is 0 Å². The van der Waals surface area contributed by atoms with Crippen LogP contribution in [-0.2, 0) is 20.8 Å². The zero-order valence-electron chi connectivity index (χ0n) is 26.3. The van der Waals surface area contributed by atoms with Gasteiger partial charge in [-0.25, -0.2) is 4.89 Å². The summed E-state index contributed by atoms with van der Waals surface area (Å²) in [5, 5.41) is -0.377. The smallest absolute Gasteiger partial charge is 0.204 e. The lowest BCUT2D eigenvalue weighted by atomic mass is 10.1. The lowest BCUT2D eigenvalue weighted by Gasteiger charge is -2.49. The van der Waals surface area contributed by atoms with Crippen LogP contribution in [0.2, 0.25) is 0 Å². The molecule has 4 atom stereocenters. The highest BCUT2D eigenvalue weighted by atomic mass is 31.2. The standard InChI is InChI=1S/C35H60O4P/c1-5-6-7-8-9-10-11-12-13-14-15-19-27-40(36)34(39-35(40,3)4)25-26-37-33-28-30(2)21-20-24-32(33)38-29-31-22-17-16-18-23-31/h16-18,21-23,32-34,36H,5-15,19-20,24-29H2,1-4H3/q+1/t32-,33+,34+,40?/m1/s1. The van der Waals surface area contributed by atoms with Gasteiger partial charge in [0.15, 0.2) is 0 Å². The van der Waals surface area contributed by atoms with Gasteiger partial charge in [0, 0.05) is 20.3 Å². The molecule has 1 heterocycles. The van der Waals surface area contributed by atoms with Crippen LogP contribution < -0.4 is 0 Å². The van der Waals surface area contributed by atoms with Gasteiger partial charge in [0.1, 0.15) is 0 Å². The number of hydrogen-bond donors (Lipinski definition) is 1. The molecule has 1 N–H and O–H groups in total. The molecule has 4 nitrogen and oxygen atoms in total. The summed E-state index contributed by atoms with van der Waals surface area (Å²) in [6, 6.07) is 10.4. The zero-order chi connectivity index (χ0) is 28.7. The van der Waals surface area contributed by atoms with E-state index in [1.54, 1.807) is 0 Å². The molecule has 1 saturated heterocycles. The number of hydrogen-bond acceptors (Lipinski definition) is 4. The third-order valence-electron chi connectivity index (χ3n) is 9.07. The number of unbranched alkanes of at least 4 members (excludes halogenated alkanes) is 11. The van der Waals surface area contributed by atoms with Crippen LogP contribution in [0, 0.1) is 0 Å². The highest BCUT2D eigenvalue weighted by Gasteiger charge is 2.69. The monoisotopic (exact) mass is 575 g/mol. The largest absolute Gasteiger partial charge is 0.375 e. The average Bonchev–Trinajstić information content (AvgIpc) is 3.12. The molecular weight excluding hydrogens is 515 g/mol. The quantitative estimate of drug-likeness (QED) is 0.0954. The van der Waals surface area contributed by atoms with Gasteiger partial charge in [-0.2, -0.15) is 0 Å². The molecule has 0 radical (unpaired) electrons. The molecule has 3 rings (SSSR count). The Morgan fingerprint density at radius 2 is 1.50 bits per heavy atom. The SMILES string of the molecule is CCCCCCCCCCCCCC[P+]1(O)[C@@H](CCO[C@H]2CC(C)=CCC[C@H]2OCc2ccccc2)OC1(C)C.